The highest BCUT2D eigenvalue weighted by Crippen LogP contribution is 2.35. The van der Waals surface area contributed by atoms with Crippen LogP contribution in [0.5, 0.6) is 0 Å². The topological polar surface area (TPSA) is 184 Å². The molecule has 0 bridgehead atoms. The fraction of sp³-hybridized carbons (Fsp3) is 0.909. The van der Waals surface area contributed by atoms with E-state index in [1.54, 1.807) is 0 Å². The van der Waals surface area contributed by atoms with E-state index in [0.29, 0.717) is 12.8 Å². The Labute approximate surface area is 200 Å². The van der Waals surface area contributed by atoms with Crippen molar-refractivity contribution in [3.63, 3.8) is 0 Å². The molecule has 0 radical (unpaired) electrons. The van der Waals surface area contributed by atoms with Crippen molar-refractivity contribution < 1.29 is 54.1 Å². The molecule has 0 spiro atoms. The average Bonchev–Trinajstić information content (AvgIpc) is 2.78. The summed E-state index contributed by atoms with van der Waals surface area (Å²) in [5, 5.41) is 52.6. The van der Waals surface area contributed by atoms with Crippen LogP contribution in [0.1, 0.15) is 47.5 Å². The van der Waals surface area contributed by atoms with Gasteiger partial charge in [-0.1, -0.05) is 20.8 Å². The number of ether oxygens (including phenoxy) is 4. The molecule has 1 saturated heterocycles. The molecule has 0 aromatic carbocycles. The van der Waals surface area contributed by atoms with Gasteiger partial charge in [0.05, 0.1) is 31.5 Å². The van der Waals surface area contributed by atoms with Crippen molar-refractivity contribution in [3.8, 4) is 0 Å². The molecule has 1 rings (SSSR count). The van der Waals surface area contributed by atoms with Gasteiger partial charge >= 0.3 is 5.97 Å². The first-order chi connectivity index (χ1) is 15.9. The minimum atomic E-state index is -1.62. The van der Waals surface area contributed by atoms with Gasteiger partial charge in [0.15, 0.2) is 12.4 Å². The highest BCUT2D eigenvalue weighted by Gasteiger charge is 2.49. The molecular weight excluding hydrogens is 454 g/mol. The van der Waals surface area contributed by atoms with Crippen molar-refractivity contribution in [1.82, 2.24) is 5.32 Å². The zero-order valence-electron chi connectivity index (χ0n) is 20.7. The standard InChI is InChI=1S/C22H41NO11/c1-7-22(5,8-2)19(33-14(9-24)11(3)25)13(23-12(4)26)10-32-21-16(28)15(27)17(31-6)18(34-21)20(29)30/h11,13-19,21,24-25,27-28H,7-10H2,1-6H3,(H,23,26)(H,29,30)/t11-,13-,14?,15?,16?,17?,18?,19-,21?/m0/s1. The van der Waals surface area contributed by atoms with E-state index in [1.165, 1.54) is 21.0 Å². The van der Waals surface area contributed by atoms with Gasteiger partial charge in [0.2, 0.25) is 5.91 Å². The molecule has 12 nitrogen and oxygen atoms in total. The van der Waals surface area contributed by atoms with E-state index in [1.807, 2.05) is 20.8 Å². The summed E-state index contributed by atoms with van der Waals surface area (Å²) in [6.45, 7) is 7.85. The predicted octanol–water partition coefficient (Wildman–Crippen LogP) is -0.993. The first kappa shape index (κ1) is 30.7. The number of methoxy groups -OCH3 is 1. The molecule has 1 amide bonds. The monoisotopic (exact) mass is 495 g/mol. The Hall–Kier alpha value is -1.38. The molecule has 0 aromatic heterocycles. The molecule has 6 unspecified atom stereocenters. The quantitative estimate of drug-likeness (QED) is 0.174. The van der Waals surface area contributed by atoms with Crippen LogP contribution < -0.4 is 5.32 Å². The molecule has 34 heavy (non-hydrogen) atoms. The lowest BCUT2D eigenvalue weighted by Gasteiger charge is -2.44. The second-order valence-corrected chi connectivity index (χ2v) is 8.96. The second-order valence-electron chi connectivity index (χ2n) is 8.96. The van der Waals surface area contributed by atoms with Gasteiger partial charge in [0.25, 0.3) is 0 Å². The normalized spacial score (nSPS) is 29.2. The van der Waals surface area contributed by atoms with E-state index in [2.05, 4.69) is 5.32 Å². The summed E-state index contributed by atoms with van der Waals surface area (Å²) in [6.07, 6.45) is -9.07. The molecule has 12 heteroatoms. The number of carboxylic acid groups (broad SMARTS) is 1. The molecule has 0 saturated carbocycles. The third kappa shape index (κ3) is 7.56. The van der Waals surface area contributed by atoms with Gasteiger partial charge in [-0.25, -0.2) is 4.79 Å². The number of hydrogen-bond donors (Lipinski definition) is 6. The van der Waals surface area contributed by atoms with Crippen molar-refractivity contribution in [2.24, 2.45) is 5.41 Å². The number of rotatable bonds is 14. The maximum Gasteiger partial charge on any atom is 0.335 e. The number of aliphatic hydroxyl groups is 4. The van der Waals surface area contributed by atoms with Crippen LogP contribution in [0.25, 0.3) is 0 Å². The SMILES string of the molecule is CCC(C)(CC)[C@@H](OC(CO)[C@H](C)O)[C@H](COC1OC(C(=O)O)C(OC)C(O)C1O)NC(C)=O. The Morgan fingerprint density at radius 3 is 2.18 bits per heavy atom. The van der Waals surface area contributed by atoms with Crippen molar-refractivity contribution in [1.29, 1.82) is 0 Å². The minimum Gasteiger partial charge on any atom is -0.479 e. The second kappa shape index (κ2) is 13.6. The van der Waals surface area contributed by atoms with E-state index in [4.69, 9.17) is 18.9 Å². The lowest BCUT2D eigenvalue weighted by atomic mass is 9.76. The number of carbonyl (C=O) groups excluding carboxylic acids is 1. The van der Waals surface area contributed by atoms with Crippen LogP contribution in [-0.2, 0) is 28.5 Å². The van der Waals surface area contributed by atoms with Gasteiger partial charge in [0.1, 0.15) is 24.4 Å². The summed E-state index contributed by atoms with van der Waals surface area (Å²) in [5.41, 5.74) is -0.519. The van der Waals surface area contributed by atoms with Crippen LogP contribution in [0.2, 0.25) is 0 Å². The first-order valence-electron chi connectivity index (χ1n) is 11.5. The maximum atomic E-state index is 12.0. The Morgan fingerprint density at radius 2 is 1.76 bits per heavy atom. The molecule has 1 fully saturated rings. The Kier molecular flexibility index (Phi) is 12.3. The molecule has 200 valence electrons. The lowest BCUT2D eigenvalue weighted by molar-refractivity contribution is -0.300. The Bertz CT molecular complexity index is 642. The van der Waals surface area contributed by atoms with Crippen molar-refractivity contribution in [3.05, 3.63) is 0 Å². The number of aliphatic hydroxyl groups excluding tert-OH is 4. The zero-order chi connectivity index (χ0) is 26.2. The smallest absolute Gasteiger partial charge is 0.335 e. The third-order valence-electron chi connectivity index (χ3n) is 6.60. The third-order valence-corrected chi connectivity index (χ3v) is 6.60. The molecular formula is C22H41NO11. The summed E-state index contributed by atoms with van der Waals surface area (Å²) >= 11 is 0. The summed E-state index contributed by atoms with van der Waals surface area (Å²) in [4.78, 5) is 23.6. The summed E-state index contributed by atoms with van der Waals surface area (Å²) < 4.78 is 22.1. The van der Waals surface area contributed by atoms with Crippen LogP contribution >= 0.6 is 0 Å². The number of aliphatic carboxylic acids is 1. The number of nitrogens with one attached hydrogen (secondary N) is 1. The van der Waals surface area contributed by atoms with E-state index in [-0.39, 0.29) is 6.61 Å². The first-order valence-corrected chi connectivity index (χ1v) is 11.5. The Balaban J connectivity index is 3.21. The largest absolute Gasteiger partial charge is 0.479 e. The zero-order valence-corrected chi connectivity index (χ0v) is 20.7. The van der Waals surface area contributed by atoms with E-state index in [9.17, 15) is 35.1 Å². The fourth-order valence-electron chi connectivity index (χ4n) is 4.00. The van der Waals surface area contributed by atoms with Gasteiger partial charge in [-0.3, -0.25) is 4.79 Å². The van der Waals surface area contributed by atoms with E-state index in [0.717, 1.165) is 0 Å². The van der Waals surface area contributed by atoms with Gasteiger partial charge in [-0.05, 0) is 25.2 Å². The summed E-state index contributed by atoms with van der Waals surface area (Å²) in [7, 11) is 1.19. The van der Waals surface area contributed by atoms with Gasteiger partial charge in [0, 0.05) is 14.0 Å². The summed E-state index contributed by atoms with van der Waals surface area (Å²) in [5.74, 6) is -1.80. The van der Waals surface area contributed by atoms with Gasteiger partial charge in [-0.15, -0.1) is 0 Å². The lowest BCUT2D eigenvalue weighted by Crippen LogP contribution is -2.62. The number of amides is 1. The van der Waals surface area contributed by atoms with Crippen LogP contribution in [0.3, 0.4) is 0 Å². The molecule has 1 heterocycles. The van der Waals surface area contributed by atoms with E-state index >= 15 is 0 Å². The number of carbonyl (C=O) groups is 2. The highest BCUT2D eigenvalue weighted by atomic mass is 16.7. The average molecular weight is 496 g/mol. The summed E-state index contributed by atoms with van der Waals surface area (Å²) in [6, 6.07) is -0.827. The number of carboxylic acids is 1. The minimum absolute atomic E-state index is 0.282. The highest BCUT2D eigenvalue weighted by molar-refractivity contribution is 5.73. The number of hydrogen-bond acceptors (Lipinski definition) is 10. The molecule has 0 aromatic rings. The van der Waals surface area contributed by atoms with Crippen LogP contribution in [0.4, 0.5) is 0 Å². The fourth-order valence-corrected chi connectivity index (χ4v) is 4.00. The van der Waals surface area contributed by atoms with Crippen LogP contribution in [0, 0.1) is 5.41 Å². The van der Waals surface area contributed by atoms with Crippen molar-refractivity contribution in [2.75, 3.05) is 20.3 Å². The van der Waals surface area contributed by atoms with Gasteiger partial charge < -0.3 is 49.8 Å². The van der Waals surface area contributed by atoms with Crippen molar-refractivity contribution in [2.45, 2.75) is 103 Å². The molecule has 1 aliphatic heterocycles. The van der Waals surface area contributed by atoms with Crippen LogP contribution in [0.15, 0.2) is 0 Å². The Morgan fingerprint density at radius 1 is 1.18 bits per heavy atom. The van der Waals surface area contributed by atoms with E-state index < -0.39 is 79.0 Å². The molecule has 9 atom stereocenters. The molecule has 1 aliphatic rings. The maximum absolute atomic E-state index is 12.0. The molecule has 0 aliphatic carbocycles. The van der Waals surface area contributed by atoms with Crippen molar-refractivity contribution >= 4 is 11.9 Å². The molecule has 6 N–H and O–H groups in total. The predicted molar refractivity (Wildman–Crippen MR) is 119 cm³/mol. The van der Waals surface area contributed by atoms with Gasteiger partial charge in [-0.2, -0.15) is 0 Å². The van der Waals surface area contributed by atoms with Crippen LogP contribution in [-0.4, -0.2) is 113 Å².